The number of hydrogen-bond donors (Lipinski definition) is 1. The summed E-state index contributed by atoms with van der Waals surface area (Å²) in [4.78, 5) is 11.7. The largest absolute Gasteiger partial charge is 0.497 e. The summed E-state index contributed by atoms with van der Waals surface area (Å²) in [6.45, 7) is 0.489. The minimum Gasteiger partial charge on any atom is -0.497 e. The highest BCUT2D eigenvalue weighted by Gasteiger charge is 2.23. The summed E-state index contributed by atoms with van der Waals surface area (Å²) < 4.78 is 12.2. The average molecular weight is 302 g/mol. The number of aromatic nitrogens is 3. The standard InChI is InChI=1S/C15H18N4O3/c1-21-13-4-6-14(7-5-13)22-10-12-8-19(18-17-12)9-15(20)16-11-2-3-11/h4-8,11H,2-3,9-10H2,1H3,(H,16,20). The third kappa shape index (κ3) is 3.97. The van der Waals surface area contributed by atoms with Crippen LogP contribution in [0.25, 0.3) is 0 Å². The van der Waals surface area contributed by atoms with Crippen LogP contribution in [0.3, 0.4) is 0 Å². The van der Waals surface area contributed by atoms with E-state index < -0.39 is 0 Å². The van der Waals surface area contributed by atoms with Crippen molar-refractivity contribution < 1.29 is 14.3 Å². The van der Waals surface area contributed by atoms with Crippen molar-refractivity contribution in [1.29, 1.82) is 0 Å². The number of nitrogens with zero attached hydrogens (tertiary/aromatic N) is 3. The second-order valence-electron chi connectivity index (χ2n) is 5.21. The molecule has 0 spiro atoms. The number of nitrogens with one attached hydrogen (secondary N) is 1. The summed E-state index contributed by atoms with van der Waals surface area (Å²) in [6, 6.07) is 7.66. The molecular formula is C15H18N4O3. The van der Waals surface area contributed by atoms with E-state index in [2.05, 4.69) is 15.6 Å². The van der Waals surface area contributed by atoms with Gasteiger partial charge >= 0.3 is 0 Å². The molecule has 1 amide bonds. The molecule has 0 unspecified atom stereocenters. The maximum Gasteiger partial charge on any atom is 0.242 e. The molecule has 0 radical (unpaired) electrons. The van der Waals surface area contributed by atoms with Crippen LogP contribution < -0.4 is 14.8 Å². The normalized spacial score (nSPS) is 13.7. The first kappa shape index (κ1) is 14.4. The fourth-order valence-corrected chi connectivity index (χ4v) is 1.96. The van der Waals surface area contributed by atoms with Gasteiger partial charge in [-0.1, -0.05) is 5.21 Å². The molecular weight excluding hydrogens is 284 g/mol. The molecule has 1 saturated carbocycles. The molecule has 0 saturated heterocycles. The zero-order valence-corrected chi connectivity index (χ0v) is 12.4. The lowest BCUT2D eigenvalue weighted by Gasteiger charge is -2.05. The summed E-state index contributed by atoms with van der Waals surface area (Å²) in [7, 11) is 1.62. The summed E-state index contributed by atoms with van der Waals surface area (Å²) >= 11 is 0. The van der Waals surface area contributed by atoms with Crippen LogP contribution in [0, 0.1) is 0 Å². The van der Waals surface area contributed by atoms with Gasteiger partial charge < -0.3 is 14.8 Å². The molecule has 3 rings (SSSR count). The van der Waals surface area contributed by atoms with Gasteiger partial charge in [-0.25, -0.2) is 4.68 Å². The molecule has 1 aromatic carbocycles. The number of hydrogen-bond acceptors (Lipinski definition) is 5. The van der Waals surface area contributed by atoms with E-state index in [1.54, 1.807) is 13.3 Å². The lowest BCUT2D eigenvalue weighted by atomic mass is 10.3. The third-order valence-corrected chi connectivity index (χ3v) is 3.28. The topological polar surface area (TPSA) is 78.3 Å². The molecule has 116 valence electrons. The van der Waals surface area contributed by atoms with Crippen molar-refractivity contribution in [3.05, 3.63) is 36.2 Å². The van der Waals surface area contributed by atoms with Gasteiger partial charge in [-0.3, -0.25) is 4.79 Å². The van der Waals surface area contributed by atoms with Crippen LogP contribution in [0.5, 0.6) is 11.5 Å². The van der Waals surface area contributed by atoms with Gasteiger partial charge in [-0.05, 0) is 37.1 Å². The Bertz CT molecular complexity index is 634. The molecule has 1 aromatic heterocycles. The van der Waals surface area contributed by atoms with Gasteiger partial charge in [0.1, 0.15) is 30.3 Å². The predicted octanol–water partition coefficient (Wildman–Crippen LogP) is 1.14. The average Bonchev–Trinajstić information content (AvgIpc) is 3.23. The Morgan fingerprint density at radius 1 is 1.32 bits per heavy atom. The van der Waals surface area contributed by atoms with Crippen molar-refractivity contribution in [2.24, 2.45) is 0 Å². The lowest BCUT2D eigenvalue weighted by molar-refractivity contribution is -0.122. The molecule has 1 aliphatic carbocycles. The minimum absolute atomic E-state index is 0.0324. The number of carbonyl (C=O) groups is 1. The first-order valence-electron chi connectivity index (χ1n) is 7.18. The highest BCUT2D eigenvalue weighted by molar-refractivity contribution is 5.76. The number of carbonyl (C=O) groups excluding carboxylic acids is 1. The van der Waals surface area contributed by atoms with Crippen molar-refractivity contribution >= 4 is 5.91 Å². The van der Waals surface area contributed by atoms with Crippen molar-refractivity contribution in [1.82, 2.24) is 20.3 Å². The van der Waals surface area contributed by atoms with E-state index in [0.717, 1.165) is 24.3 Å². The Morgan fingerprint density at radius 3 is 2.73 bits per heavy atom. The van der Waals surface area contributed by atoms with E-state index in [1.807, 2.05) is 24.3 Å². The zero-order chi connectivity index (χ0) is 15.4. The number of rotatable bonds is 7. The fourth-order valence-electron chi connectivity index (χ4n) is 1.96. The van der Waals surface area contributed by atoms with Gasteiger partial charge in [0.25, 0.3) is 0 Å². The molecule has 0 aliphatic heterocycles. The zero-order valence-electron chi connectivity index (χ0n) is 12.4. The first-order valence-corrected chi connectivity index (χ1v) is 7.18. The Morgan fingerprint density at radius 2 is 2.05 bits per heavy atom. The highest BCUT2D eigenvalue weighted by atomic mass is 16.5. The van der Waals surface area contributed by atoms with Gasteiger partial charge in [0, 0.05) is 6.04 Å². The van der Waals surface area contributed by atoms with Crippen molar-refractivity contribution in [2.45, 2.75) is 32.0 Å². The van der Waals surface area contributed by atoms with E-state index in [1.165, 1.54) is 4.68 Å². The van der Waals surface area contributed by atoms with E-state index in [-0.39, 0.29) is 12.5 Å². The van der Waals surface area contributed by atoms with Gasteiger partial charge in [-0.2, -0.15) is 0 Å². The van der Waals surface area contributed by atoms with Gasteiger partial charge in [-0.15, -0.1) is 5.10 Å². The molecule has 0 atom stereocenters. The van der Waals surface area contributed by atoms with Crippen LogP contribution in [0.2, 0.25) is 0 Å². The maximum absolute atomic E-state index is 11.7. The third-order valence-electron chi connectivity index (χ3n) is 3.28. The van der Waals surface area contributed by atoms with E-state index >= 15 is 0 Å². The van der Waals surface area contributed by atoms with Crippen molar-refractivity contribution in [2.75, 3.05) is 7.11 Å². The Hall–Kier alpha value is -2.57. The van der Waals surface area contributed by atoms with Crippen LogP contribution in [-0.2, 0) is 17.9 Å². The minimum atomic E-state index is -0.0324. The second kappa shape index (κ2) is 6.46. The first-order chi connectivity index (χ1) is 10.7. The second-order valence-corrected chi connectivity index (χ2v) is 5.21. The van der Waals surface area contributed by atoms with E-state index in [0.29, 0.717) is 18.3 Å². The molecule has 22 heavy (non-hydrogen) atoms. The Balaban J connectivity index is 1.49. The molecule has 1 N–H and O–H groups in total. The fraction of sp³-hybridized carbons (Fsp3) is 0.400. The highest BCUT2D eigenvalue weighted by Crippen LogP contribution is 2.19. The SMILES string of the molecule is COc1ccc(OCc2cn(CC(=O)NC3CC3)nn2)cc1. The maximum atomic E-state index is 11.7. The summed E-state index contributed by atoms with van der Waals surface area (Å²) in [5.74, 6) is 1.47. The summed E-state index contributed by atoms with van der Waals surface area (Å²) in [6.07, 6.45) is 3.87. The number of amides is 1. The lowest BCUT2D eigenvalue weighted by Crippen LogP contribution is -2.29. The van der Waals surface area contributed by atoms with Crippen LogP contribution in [0.1, 0.15) is 18.5 Å². The Labute approximate surface area is 128 Å². The predicted molar refractivity (Wildman–Crippen MR) is 78.5 cm³/mol. The quantitative estimate of drug-likeness (QED) is 0.830. The molecule has 1 heterocycles. The summed E-state index contributed by atoms with van der Waals surface area (Å²) in [5, 5.41) is 10.8. The van der Waals surface area contributed by atoms with Crippen LogP contribution >= 0.6 is 0 Å². The molecule has 7 heteroatoms. The molecule has 7 nitrogen and oxygen atoms in total. The molecule has 1 aliphatic rings. The van der Waals surface area contributed by atoms with E-state index in [4.69, 9.17) is 9.47 Å². The van der Waals surface area contributed by atoms with Crippen LogP contribution in [-0.4, -0.2) is 34.1 Å². The number of methoxy groups -OCH3 is 1. The van der Waals surface area contributed by atoms with E-state index in [9.17, 15) is 4.79 Å². The number of benzene rings is 1. The van der Waals surface area contributed by atoms with Crippen molar-refractivity contribution in [3.8, 4) is 11.5 Å². The van der Waals surface area contributed by atoms with Crippen LogP contribution in [0.4, 0.5) is 0 Å². The van der Waals surface area contributed by atoms with Crippen molar-refractivity contribution in [3.63, 3.8) is 0 Å². The van der Waals surface area contributed by atoms with Gasteiger partial charge in [0.15, 0.2) is 0 Å². The monoisotopic (exact) mass is 302 g/mol. The molecule has 0 bridgehead atoms. The number of ether oxygens (including phenoxy) is 2. The summed E-state index contributed by atoms with van der Waals surface area (Å²) in [5.41, 5.74) is 0.676. The molecule has 2 aromatic rings. The Kier molecular flexibility index (Phi) is 4.22. The van der Waals surface area contributed by atoms with Gasteiger partial charge in [0.2, 0.25) is 5.91 Å². The van der Waals surface area contributed by atoms with Gasteiger partial charge in [0.05, 0.1) is 13.3 Å². The van der Waals surface area contributed by atoms with Crippen LogP contribution in [0.15, 0.2) is 30.5 Å². The smallest absolute Gasteiger partial charge is 0.242 e. The molecule has 1 fully saturated rings.